The fourth-order valence-corrected chi connectivity index (χ4v) is 7.17. The first kappa shape index (κ1) is 31.5. The van der Waals surface area contributed by atoms with E-state index in [4.69, 9.17) is 30.7 Å². The van der Waals surface area contributed by atoms with Crippen LogP contribution in [0.4, 0.5) is 0 Å². The molecular weight excluding hydrogens is 597 g/mol. The molecule has 1 aliphatic heterocycles. The smallest absolute Gasteiger partial charge is 0.459 e. The highest BCUT2D eigenvalue weighted by Gasteiger charge is 2.54. The number of aromatic nitrogens is 2. The van der Waals surface area contributed by atoms with E-state index in [-0.39, 0.29) is 16.6 Å². The van der Waals surface area contributed by atoms with Gasteiger partial charge in [0, 0.05) is 17.6 Å². The molecule has 0 amide bonds. The molecule has 14 heteroatoms. The molecule has 2 aliphatic rings. The number of esters is 1. The number of nitrogens with one attached hydrogen (secondary N) is 2. The fraction of sp³-hybridized carbons (Fsp3) is 0.483. The lowest BCUT2D eigenvalue weighted by molar-refractivity contribution is -0.152. The van der Waals surface area contributed by atoms with Crippen LogP contribution in [0.1, 0.15) is 52.2 Å². The van der Waals surface area contributed by atoms with E-state index in [0.717, 1.165) is 37.5 Å². The number of H-pyrrole nitrogens is 1. The molecule has 0 bridgehead atoms. The van der Waals surface area contributed by atoms with Crippen molar-refractivity contribution in [3.8, 4) is 5.75 Å². The molecule has 1 aromatic heterocycles. The number of ether oxygens (including phenoxy) is 2. The molecule has 2 unspecified atom stereocenters. The molecule has 6 atom stereocenters. The third-order valence-corrected chi connectivity index (χ3v) is 9.72. The zero-order valence-corrected chi connectivity index (χ0v) is 25.6. The van der Waals surface area contributed by atoms with Gasteiger partial charge in [-0.1, -0.05) is 42.8 Å². The molecule has 2 aromatic carbocycles. The number of hydrogen-bond acceptors (Lipinski definition) is 10. The maximum Gasteiger partial charge on any atom is 0.459 e. The van der Waals surface area contributed by atoms with E-state index in [0.29, 0.717) is 5.39 Å². The number of aromatic amines is 1. The first-order valence-electron chi connectivity index (χ1n) is 14.2. The van der Waals surface area contributed by atoms with Gasteiger partial charge in [0.2, 0.25) is 0 Å². The number of rotatable bonds is 10. The zero-order valence-electron chi connectivity index (χ0n) is 23.9. The number of benzene rings is 2. The predicted molar refractivity (Wildman–Crippen MR) is 160 cm³/mol. The summed E-state index contributed by atoms with van der Waals surface area (Å²) in [7, 11) is -4.34. The van der Waals surface area contributed by atoms with Crippen LogP contribution in [0.2, 0.25) is 0 Å². The summed E-state index contributed by atoms with van der Waals surface area (Å²) in [5, 5.41) is 26.3. The maximum absolute atomic E-state index is 14.3. The molecule has 1 saturated carbocycles. The van der Waals surface area contributed by atoms with Gasteiger partial charge in [0.25, 0.3) is 5.56 Å². The number of aliphatic hydroxyl groups excluding tert-OH is 1. The Morgan fingerprint density at radius 1 is 1.21 bits per heavy atom. The minimum atomic E-state index is -4.34. The summed E-state index contributed by atoms with van der Waals surface area (Å²) in [6, 6.07) is 12.7. The molecule has 1 saturated heterocycles. The molecule has 5 rings (SSSR count). The van der Waals surface area contributed by atoms with E-state index in [9.17, 15) is 24.4 Å². The van der Waals surface area contributed by atoms with Crippen LogP contribution in [-0.4, -0.2) is 62.3 Å². The normalized spacial score (nSPS) is 26.6. The summed E-state index contributed by atoms with van der Waals surface area (Å²) < 4.78 is 38.9. The molecular formula is C29H36N3O9PS. The van der Waals surface area contributed by atoms with Crippen molar-refractivity contribution in [2.75, 3.05) is 6.61 Å². The topological polar surface area (TPSA) is 161 Å². The number of nitrogens with zero attached hydrogens (tertiary/aromatic N) is 1. The molecule has 0 spiro atoms. The van der Waals surface area contributed by atoms with Crippen molar-refractivity contribution >= 4 is 36.7 Å². The van der Waals surface area contributed by atoms with E-state index in [1.807, 2.05) is 24.3 Å². The Morgan fingerprint density at radius 3 is 2.67 bits per heavy atom. The molecule has 1 aliphatic carbocycles. The monoisotopic (exact) mass is 633 g/mol. The second-order valence-corrected chi connectivity index (χ2v) is 13.2. The first-order valence-corrected chi connectivity index (χ1v) is 16.2. The summed E-state index contributed by atoms with van der Waals surface area (Å²) in [6.07, 6.45) is 1.84. The molecule has 232 valence electrons. The van der Waals surface area contributed by atoms with E-state index in [1.165, 1.54) is 30.7 Å². The van der Waals surface area contributed by atoms with Gasteiger partial charge in [0.05, 0.1) is 6.61 Å². The van der Waals surface area contributed by atoms with Crippen molar-refractivity contribution < 1.29 is 38.1 Å². The van der Waals surface area contributed by atoms with E-state index in [2.05, 4.69) is 10.1 Å². The summed E-state index contributed by atoms with van der Waals surface area (Å²) >= 11 is 5.21. The number of aliphatic hydroxyl groups is 2. The van der Waals surface area contributed by atoms with Crippen molar-refractivity contribution in [1.82, 2.24) is 14.6 Å². The lowest BCUT2D eigenvalue weighted by Crippen LogP contribution is -2.45. The Hall–Kier alpha value is -2.90. The lowest BCUT2D eigenvalue weighted by atomic mass is 9.96. The van der Waals surface area contributed by atoms with Crippen LogP contribution in [0.15, 0.2) is 59.5 Å². The van der Waals surface area contributed by atoms with E-state index >= 15 is 0 Å². The second kappa shape index (κ2) is 13.0. The summed E-state index contributed by atoms with van der Waals surface area (Å²) in [5.74, 6) is -0.344. The third kappa shape index (κ3) is 7.09. The van der Waals surface area contributed by atoms with Crippen LogP contribution in [0.25, 0.3) is 10.8 Å². The number of hydrogen-bond donors (Lipinski definition) is 4. The average Bonchev–Trinajstić information content (AvgIpc) is 3.20. The highest BCUT2D eigenvalue weighted by molar-refractivity contribution is 7.71. The van der Waals surface area contributed by atoms with Crippen LogP contribution in [0.5, 0.6) is 5.75 Å². The Balaban J connectivity index is 1.37. The summed E-state index contributed by atoms with van der Waals surface area (Å²) in [5.41, 5.74) is -2.30. The standard InChI is InChI=1S/C29H36N3O9PS/c1-18(26(35)39-20-11-4-3-5-12-20)31-42(37,41-22-14-8-10-19-9-6-7-13-21(19)22)38-17-23-25(34)29(2,36)27(40-23)32-16-15-24(33)30-28(32)43/h6-10,13-16,18,20,23,25,27,34,36H,3-5,11-12,17H2,1-2H3,(H,31,37)(H,30,33,43)/t18-,23+,25-,27+,29?,42?/m0/s1. The molecule has 12 nitrogen and oxygen atoms in total. The molecule has 3 aromatic rings. The second-order valence-electron chi connectivity index (χ2n) is 11.1. The molecule has 2 fully saturated rings. The van der Waals surface area contributed by atoms with Crippen molar-refractivity contribution in [3.63, 3.8) is 0 Å². The minimum absolute atomic E-state index is 0.0246. The van der Waals surface area contributed by atoms with Gasteiger partial charge in [-0.2, -0.15) is 5.09 Å². The lowest BCUT2D eigenvalue weighted by Gasteiger charge is -2.28. The number of fused-ring (bicyclic) bond motifs is 1. The summed E-state index contributed by atoms with van der Waals surface area (Å²) in [6.45, 7) is 2.36. The van der Waals surface area contributed by atoms with Gasteiger partial charge in [-0.15, -0.1) is 0 Å². The Kier molecular flexibility index (Phi) is 9.52. The highest BCUT2D eigenvalue weighted by atomic mass is 32.1. The van der Waals surface area contributed by atoms with Gasteiger partial charge in [-0.25, -0.2) is 4.57 Å². The largest absolute Gasteiger partial charge is 0.461 e. The van der Waals surface area contributed by atoms with Gasteiger partial charge >= 0.3 is 13.7 Å². The fourth-order valence-electron chi connectivity index (χ4n) is 5.40. The van der Waals surface area contributed by atoms with Crippen LogP contribution >= 0.6 is 20.0 Å². The van der Waals surface area contributed by atoms with Gasteiger partial charge in [0.1, 0.15) is 35.7 Å². The van der Waals surface area contributed by atoms with Crippen LogP contribution < -0.4 is 15.2 Å². The number of carbonyl (C=O) groups is 1. The quantitative estimate of drug-likeness (QED) is 0.144. The average molecular weight is 634 g/mol. The van der Waals surface area contributed by atoms with Gasteiger partial charge < -0.3 is 24.2 Å². The highest BCUT2D eigenvalue weighted by Crippen LogP contribution is 2.48. The summed E-state index contributed by atoms with van der Waals surface area (Å²) in [4.78, 5) is 27.0. The Bertz CT molecular complexity index is 1610. The van der Waals surface area contributed by atoms with Crippen LogP contribution in [0, 0.1) is 4.77 Å². The Morgan fingerprint density at radius 2 is 1.93 bits per heavy atom. The minimum Gasteiger partial charge on any atom is -0.461 e. The van der Waals surface area contributed by atoms with Crippen molar-refractivity contribution in [2.24, 2.45) is 0 Å². The number of carbonyl (C=O) groups excluding carboxylic acids is 1. The van der Waals surface area contributed by atoms with Gasteiger partial charge in [-0.3, -0.25) is 23.7 Å². The predicted octanol–water partition coefficient (Wildman–Crippen LogP) is 4.13. The maximum atomic E-state index is 14.3. The van der Waals surface area contributed by atoms with Crippen LogP contribution in [0.3, 0.4) is 0 Å². The molecule has 4 N–H and O–H groups in total. The van der Waals surface area contributed by atoms with Crippen molar-refractivity contribution in [2.45, 2.75) is 82.1 Å². The van der Waals surface area contributed by atoms with E-state index in [1.54, 1.807) is 18.2 Å². The Labute approximate surface area is 253 Å². The van der Waals surface area contributed by atoms with Gasteiger partial charge in [0.15, 0.2) is 11.0 Å². The van der Waals surface area contributed by atoms with E-state index < -0.39 is 56.0 Å². The molecule has 2 heterocycles. The zero-order chi connectivity index (χ0) is 30.8. The third-order valence-electron chi connectivity index (χ3n) is 7.78. The van der Waals surface area contributed by atoms with Crippen molar-refractivity contribution in [3.05, 3.63) is 69.9 Å². The SMILES string of the molecule is C[C@H](NP(=O)(OC[C@H]1O[C@@H](n2ccc(=O)[nH]c2=S)C(C)(O)[C@H]1O)Oc1cccc2ccccc12)C(=O)OC1CCCCC1. The molecule has 43 heavy (non-hydrogen) atoms. The van der Waals surface area contributed by atoms with Crippen molar-refractivity contribution in [1.29, 1.82) is 0 Å². The van der Waals surface area contributed by atoms with Crippen LogP contribution in [-0.2, 0) is 23.4 Å². The van der Waals surface area contributed by atoms with Gasteiger partial charge in [-0.05, 0) is 63.2 Å². The molecule has 0 radical (unpaired) electrons. The first-order chi connectivity index (χ1) is 20.5.